The van der Waals surface area contributed by atoms with E-state index in [1.165, 1.54) is 13.1 Å². The zero-order valence-electron chi connectivity index (χ0n) is 18.2. The van der Waals surface area contributed by atoms with Gasteiger partial charge in [0.25, 0.3) is 11.8 Å². The first-order valence-electron chi connectivity index (χ1n) is 10.5. The number of carboxylic acid groups (broad SMARTS) is 1. The Labute approximate surface area is 189 Å². The number of benzene rings is 1. The fourth-order valence-corrected chi connectivity index (χ4v) is 3.54. The Kier molecular flexibility index (Phi) is 7.96. The summed E-state index contributed by atoms with van der Waals surface area (Å²) in [5.41, 5.74) is 0.852. The summed E-state index contributed by atoms with van der Waals surface area (Å²) < 4.78 is 10.8. The van der Waals surface area contributed by atoms with E-state index in [0.717, 1.165) is 9.80 Å². The van der Waals surface area contributed by atoms with Crippen LogP contribution in [0.15, 0.2) is 18.2 Å². The number of piperidine rings is 1. The number of anilines is 1. The van der Waals surface area contributed by atoms with Gasteiger partial charge in [0, 0.05) is 32.2 Å². The molecule has 1 fully saturated rings. The molecular weight excluding hydrogens is 436 g/mol. The summed E-state index contributed by atoms with van der Waals surface area (Å²) in [6, 6.07) is 3.83. The Hall–Kier alpha value is -3.51. The second-order valence-electron chi connectivity index (χ2n) is 7.53. The van der Waals surface area contributed by atoms with Gasteiger partial charge in [0.05, 0.1) is 37.6 Å². The Morgan fingerprint density at radius 1 is 1.15 bits per heavy atom. The van der Waals surface area contributed by atoms with Crippen LogP contribution >= 0.6 is 0 Å². The van der Waals surface area contributed by atoms with Crippen LogP contribution in [0.5, 0.6) is 0 Å². The number of nitrogens with one attached hydrogen (secondary N) is 2. The van der Waals surface area contributed by atoms with E-state index in [-0.39, 0.29) is 37.1 Å². The Morgan fingerprint density at radius 2 is 1.88 bits per heavy atom. The zero-order chi connectivity index (χ0) is 24.0. The van der Waals surface area contributed by atoms with E-state index >= 15 is 0 Å². The fourth-order valence-electron chi connectivity index (χ4n) is 3.54. The van der Waals surface area contributed by atoms with Crippen molar-refractivity contribution < 1.29 is 38.6 Å². The van der Waals surface area contributed by atoms with Crippen molar-refractivity contribution >= 4 is 35.4 Å². The molecule has 2 heterocycles. The van der Waals surface area contributed by atoms with E-state index < -0.39 is 35.8 Å². The van der Waals surface area contributed by atoms with Gasteiger partial charge in [0.2, 0.25) is 11.8 Å². The van der Waals surface area contributed by atoms with Crippen LogP contribution in [0.25, 0.3) is 0 Å². The van der Waals surface area contributed by atoms with Crippen LogP contribution in [0.4, 0.5) is 10.5 Å². The van der Waals surface area contributed by atoms with Gasteiger partial charge in [-0.05, 0) is 18.6 Å². The summed E-state index contributed by atoms with van der Waals surface area (Å²) in [5.74, 6) is -2.21. The summed E-state index contributed by atoms with van der Waals surface area (Å²) in [6.45, 7) is 1.81. The van der Waals surface area contributed by atoms with Crippen molar-refractivity contribution in [1.82, 2.24) is 15.1 Å². The number of rotatable bonds is 11. The molecule has 0 radical (unpaired) electrons. The highest BCUT2D eigenvalue weighted by atomic mass is 16.5. The third-order valence-electron chi connectivity index (χ3n) is 5.30. The largest absolute Gasteiger partial charge is 0.465 e. The fraction of sp³-hybridized carbons (Fsp3) is 0.476. The second-order valence-corrected chi connectivity index (χ2v) is 7.53. The van der Waals surface area contributed by atoms with Gasteiger partial charge in [-0.2, -0.15) is 0 Å². The van der Waals surface area contributed by atoms with Gasteiger partial charge in [-0.3, -0.25) is 29.4 Å². The number of likely N-dealkylation sites (N-methyl/N-ethyl adjacent to an activating group) is 1. The van der Waals surface area contributed by atoms with E-state index in [1.54, 1.807) is 12.1 Å². The van der Waals surface area contributed by atoms with Gasteiger partial charge in [0.15, 0.2) is 0 Å². The Bertz CT molecular complexity index is 950. The van der Waals surface area contributed by atoms with Crippen molar-refractivity contribution in [2.45, 2.75) is 18.9 Å². The van der Waals surface area contributed by atoms with Crippen molar-refractivity contribution in [3.63, 3.8) is 0 Å². The second kappa shape index (κ2) is 10.9. The molecule has 178 valence electrons. The van der Waals surface area contributed by atoms with Crippen LogP contribution in [-0.2, 0) is 19.1 Å². The monoisotopic (exact) mass is 462 g/mol. The predicted molar refractivity (Wildman–Crippen MR) is 114 cm³/mol. The van der Waals surface area contributed by atoms with Gasteiger partial charge in [0.1, 0.15) is 6.04 Å². The first-order valence-corrected chi connectivity index (χ1v) is 10.5. The highest BCUT2D eigenvalue weighted by Crippen LogP contribution is 2.32. The summed E-state index contributed by atoms with van der Waals surface area (Å²) in [5, 5.41) is 14.0. The number of imide groups is 2. The molecule has 3 N–H and O–H groups in total. The molecule has 0 spiro atoms. The summed E-state index contributed by atoms with van der Waals surface area (Å²) in [7, 11) is 1.45. The molecule has 12 heteroatoms. The molecule has 12 nitrogen and oxygen atoms in total. The molecule has 33 heavy (non-hydrogen) atoms. The SMILES string of the molecule is CN(CCOCCOCCNc1cccc2c1C(=O)N(C1CCC(=O)NC1=O)C2=O)C(=O)O. The van der Waals surface area contributed by atoms with Gasteiger partial charge < -0.3 is 24.8 Å². The highest BCUT2D eigenvalue weighted by Gasteiger charge is 2.45. The van der Waals surface area contributed by atoms with E-state index in [4.69, 9.17) is 14.6 Å². The number of ether oxygens (including phenoxy) is 2. The molecule has 3 rings (SSSR count). The highest BCUT2D eigenvalue weighted by molar-refractivity contribution is 6.25. The minimum absolute atomic E-state index is 0.0617. The molecule has 1 unspecified atom stereocenters. The first kappa shape index (κ1) is 24.1. The van der Waals surface area contributed by atoms with E-state index in [0.29, 0.717) is 32.1 Å². The van der Waals surface area contributed by atoms with Crippen molar-refractivity contribution in [3.05, 3.63) is 29.3 Å². The van der Waals surface area contributed by atoms with Crippen LogP contribution in [0.1, 0.15) is 33.6 Å². The number of nitrogens with zero attached hydrogens (tertiary/aromatic N) is 2. The summed E-state index contributed by atoms with van der Waals surface area (Å²) >= 11 is 0. The van der Waals surface area contributed by atoms with Crippen molar-refractivity contribution in [2.24, 2.45) is 0 Å². The lowest BCUT2D eigenvalue weighted by Gasteiger charge is -2.27. The van der Waals surface area contributed by atoms with Gasteiger partial charge in [-0.1, -0.05) is 6.07 Å². The molecule has 5 amide bonds. The van der Waals surface area contributed by atoms with Crippen molar-refractivity contribution in [3.8, 4) is 0 Å². The molecule has 2 aliphatic rings. The minimum Gasteiger partial charge on any atom is -0.465 e. The van der Waals surface area contributed by atoms with Crippen LogP contribution < -0.4 is 10.6 Å². The zero-order valence-corrected chi connectivity index (χ0v) is 18.2. The number of hydrogen-bond donors (Lipinski definition) is 3. The number of carbonyl (C=O) groups is 5. The lowest BCUT2D eigenvalue weighted by atomic mass is 10.0. The van der Waals surface area contributed by atoms with Crippen LogP contribution in [0, 0.1) is 0 Å². The number of carbonyl (C=O) groups excluding carboxylic acids is 4. The maximum absolute atomic E-state index is 13.0. The third kappa shape index (κ3) is 5.65. The quantitative estimate of drug-likeness (QED) is 0.308. The Morgan fingerprint density at radius 3 is 2.58 bits per heavy atom. The van der Waals surface area contributed by atoms with E-state index in [1.807, 2.05) is 0 Å². The van der Waals surface area contributed by atoms with Crippen molar-refractivity contribution in [2.75, 3.05) is 51.9 Å². The standard InChI is InChI=1S/C21H26N4O8/c1-24(21(30)31)8-10-33-12-11-32-9-7-22-14-4-2-3-13-17(14)20(29)25(19(13)28)15-5-6-16(26)23-18(15)27/h2-4,15,22H,5-12H2,1H3,(H,30,31)(H,23,26,27). The molecule has 0 saturated carbocycles. The molecule has 1 aromatic rings. The van der Waals surface area contributed by atoms with Crippen LogP contribution in [0.2, 0.25) is 0 Å². The Balaban J connectivity index is 1.47. The van der Waals surface area contributed by atoms with Gasteiger partial charge >= 0.3 is 6.09 Å². The molecule has 1 saturated heterocycles. The average Bonchev–Trinajstić information content (AvgIpc) is 3.03. The first-order chi connectivity index (χ1) is 15.8. The number of amides is 5. The normalized spacial score (nSPS) is 17.7. The summed E-state index contributed by atoms with van der Waals surface area (Å²) in [6.07, 6.45) is -0.859. The molecule has 1 atom stereocenters. The minimum atomic E-state index is -1.02. The lowest BCUT2D eigenvalue weighted by Crippen LogP contribution is -2.54. The third-order valence-corrected chi connectivity index (χ3v) is 5.30. The van der Waals surface area contributed by atoms with Crippen LogP contribution in [0.3, 0.4) is 0 Å². The smallest absolute Gasteiger partial charge is 0.407 e. The van der Waals surface area contributed by atoms with E-state index in [2.05, 4.69) is 10.6 Å². The molecule has 2 aliphatic heterocycles. The predicted octanol–water partition coefficient (Wildman–Crippen LogP) is 0.143. The molecule has 0 aromatic heterocycles. The summed E-state index contributed by atoms with van der Waals surface area (Å²) in [4.78, 5) is 62.1. The maximum atomic E-state index is 13.0. The van der Waals surface area contributed by atoms with Crippen molar-refractivity contribution in [1.29, 1.82) is 0 Å². The van der Waals surface area contributed by atoms with Gasteiger partial charge in [-0.15, -0.1) is 0 Å². The molecule has 0 aliphatic carbocycles. The number of fused-ring (bicyclic) bond motifs is 1. The van der Waals surface area contributed by atoms with E-state index in [9.17, 15) is 24.0 Å². The molecular formula is C21H26N4O8. The lowest BCUT2D eigenvalue weighted by molar-refractivity contribution is -0.136. The average molecular weight is 462 g/mol. The van der Waals surface area contributed by atoms with Crippen LogP contribution in [-0.4, -0.2) is 97.2 Å². The topological polar surface area (TPSA) is 155 Å². The molecule has 0 bridgehead atoms. The van der Waals surface area contributed by atoms with Gasteiger partial charge in [-0.25, -0.2) is 4.79 Å². The molecule has 1 aromatic carbocycles. The maximum Gasteiger partial charge on any atom is 0.407 e. The number of hydrogen-bond acceptors (Lipinski definition) is 8.